The Kier molecular flexibility index (Phi) is 6.43. The van der Waals surface area contributed by atoms with Crippen molar-refractivity contribution in [3.05, 3.63) is 0 Å². The first-order valence-corrected chi connectivity index (χ1v) is 7.66. The smallest absolute Gasteiger partial charge is 0.237 e. The van der Waals surface area contributed by atoms with E-state index in [9.17, 15) is 9.90 Å². The van der Waals surface area contributed by atoms with E-state index >= 15 is 0 Å². The monoisotopic (exact) mass is 286 g/mol. The first-order chi connectivity index (χ1) is 9.32. The number of amides is 1. The van der Waals surface area contributed by atoms with E-state index in [1.807, 2.05) is 20.8 Å². The summed E-state index contributed by atoms with van der Waals surface area (Å²) in [6.07, 6.45) is 1.67. The van der Waals surface area contributed by atoms with E-state index < -0.39 is 0 Å². The minimum Gasteiger partial charge on any atom is -0.394 e. The van der Waals surface area contributed by atoms with E-state index in [1.165, 1.54) is 0 Å². The fraction of sp³-hybridized carbons (Fsp3) is 0.933. The van der Waals surface area contributed by atoms with E-state index in [4.69, 9.17) is 4.74 Å². The summed E-state index contributed by atoms with van der Waals surface area (Å²) in [7, 11) is 0. The summed E-state index contributed by atoms with van der Waals surface area (Å²) in [6, 6.07) is 0.0421. The molecule has 1 saturated heterocycles. The van der Waals surface area contributed by atoms with Crippen LogP contribution in [-0.4, -0.2) is 59.4 Å². The molecule has 0 bridgehead atoms. The highest BCUT2D eigenvalue weighted by Gasteiger charge is 2.37. The molecule has 5 nitrogen and oxygen atoms in total. The molecule has 1 aliphatic heterocycles. The number of aliphatic hydroxyl groups excluding tert-OH is 1. The van der Waals surface area contributed by atoms with Gasteiger partial charge in [-0.2, -0.15) is 0 Å². The zero-order valence-electron chi connectivity index (χ0n) is 13.5. The second-order valence-corrected chi connectivity index (χ2v) is 6.31. The molecule has 1 fully saturated rings. The number of aliphatic hydroxyl groups is 1. The van der Waals surface area contributed by atoms with Crippen molar-refractivity contribution in [1.82, 2.24) is 10.2 Å². The molecule has 2 unspecified atom stereocenters. The summed E-state index contributed by atoms with van der Waals surface area (Å²) in [5.74, 6) is 0.0630. The van der Waals surface area contributed by atoms with Gasteiger partial charge in [-0.25, -0.2) is 0 Å². The third-order valence-electron chi connectivity index (χ3n) is 3.97. The molecule has 1 amide bonds. The van der Waals surface area contributed by atoms with Gasteiger partial charge in [-0.15, -0.1) is 0 Å². The van der Waals surface area contributed by atoms with Crippen molar-refractivity contribution in [3.8, 4) is 0 Å². The topological polar surface area (TPSA) is 61.8 Å². The Morgan fingerprint density at radius 2 is 2.05 bits per heavy atom. The first-order valence-electron chi connectivity index (χ1n) is 7.66. The number of morpholine rings is 1. The molecule has 0 aromatic rings. The minimum atomic E-state index is -0.338. The van der Waals surface area contributed by atoms with Crippen molar-refractivity contribution < 1.29 is 14.6 Å². The van der Waals surface area contributed by atoms with Crippen molar-refractivity contribution >= 4 is 5.91 Å². The van der Waals surface area contributed by atoms with Crippen LogP contribution in [-0.2, 0) is 9.53 Å². The number of hydrogen-bond acceptors (Lipinski definition) is 4. The second-order valence-electron chi connectivity index (χ2n) is 6.31. The molecule has 118 valence electrons. The van der Waals surface area contributed by atoms with Crippen LogP contribution in [0.25, 0.3) is 0 Å². The van der Waals surface area contributed by atoms with E-state index in [0.29, 0.717) is 13.1 Å². The number of hydrogen-bond donors (Lipinski definition) is 2. The van der Waals surface area contributed by atoms with Gasteiger partial charge in [-0.1, -0.05) is 13.8 Å². The zero-order valence-corrected chi connectivity index (χ0v) is 13.5. The van der Waals surface area contributed by atoms with Crippen LogP contribution in [0.5, 0.6) is 0 Å². The third-order valence-corrected chi connectivity index (χ3v) is 3.97. The van der Waals surface area contributed by atoms with Gasteiger partial charge in [0.15, 0.2) is 0 Å². The van der Waals surface area contributed by atoms with E-state index in [-0.39, 0.29) is 36.3 Å². The van der Waals surface area contributed by atoms with Crippen molar-refractivity contribution in [2.75, 3.05) is 19.7 Å². The second kappa shape index (κ2) is 7.38. The summed E-state index contributed by atoms with van der Waals surface area (Å²) in [5.41, 5.74) is -0.338. The van der Waals surface area contributed by atoms with E-state index in [1.54, 1.807) is 0 Å². The largest absolute Gasteiger partial charge is 0.394 e. The Balaban J connectivity index is 2.65. The normalized spacial score (nSPS) is 24.6. The predicted molar refractivity (Wildman–Crippen MR) is 79.6 cm³/mol. The van der Waals surface area contributed by atoms with Gasteiger partial charge in [-0.05, 0) is 33.6 Å². The van der Waals surface area contributed by atoms with Crippen LogP contribution in [0, 0.1) is 0 Å². The molecule has 0 spiro atoms. The van der Waals surface area contributed by atoms with Gasteiger partial charge in [0.1, 0.15) is 0 Å². The molecule has 0 aromatic carbocycles. The first kappa shape index (κ1) is 17.4. The lowest BCUT2D eigenvalue weighted by Gasteiger charge is -2.44. The maximum absolute atomic E-state index is 12.3. The fourth-order valence-corrected chi connectivity index (χ4v) is 2.71. The molecule has 5 heteroatoms. The van der Waals surface area contributed by atoms with E-state index in [2.05, 4.69) is 24.1 Å². The Hall–Kier alpha value is -0.650. The number of nitrogens with zero attached hydrogens (tertiary/aromatic N) is 1. The number of carbonyl (C=O) groups is 1. The quantitative estimate of drug-likeness (QED) is 0.769. The maximum Gasteiger partial charge on any atom is 0.237 e. The zero-order chi connectivity index (χ0) is 15.3. The van der Waals surface area contributed by atoms with Gasteiger partial charge >= 0.3 is 0 Å². The molecule has 1 aliphatic rings. The molecule has 2 N–H and O–H groups in total. The summed E-state index contributed by atoms with van der Waals surface area (Å²) < 4.78 is 5.78. The number of rotatable bonds is 6. The third kappa shape index (κ3) is 4.72. The predicted octanol–water partition coefficient (Wildman–Crippen LogP) is 1.15. The van der Waals surface area contributed by atoms with Gasteiger partial charge in [-0.3, -0.25) is 9.69 Å². The molecule has 1 heterocycles. The Morgan fingerprint density at radius 1 is 1.45 bits per heavy atom. The molecular weight excluding hydrogens is 256 g/mol. The minimum absolute atomic E-state index is 0.0131. The van der Waals surface area contributed by atoms with Crippen molar-refractivity contribution in [3.63, 3.8) is 0 Å². The average molecular weight is 286 g/mol. The SMILES string of the molecule is CCC(CC)NC(=O)C(C)N1CC(CO)OC(C)(C)C1. The molecule has 0 radical (unpaired) electrons. The molecule has 0 saturated carbocycles. The van der Waals surface area contributed by atoms with Crippen LogP contribution in [0.3, 0.4) is 0 Å². The summed E-state index contributed by atoms with van der Waals surface area (Å²) in [5, 5.41) is 12.4. The standard InChI is InChI=1S/C15H30N2O3/c1-6-12(7-2)16-14(19)11(3)17-8-13(9-18)20-15(4,5)10-17/h11-13,18H,6-10H2,1-5H3,(H,16,19). The lowest BCUT2D eigenvalue weighted by molar-refractivity contribution is -0.161. The summed E-state index contributed by atoms with van der Waals surface area (Å²) >= 11 is 0. The maximum atomic E-state index is 12.3. The van der Waals surface area contributed by atoms with Crippen LogP contribution >= 0.6 is 0 Å². The Bertz CT molecular complexity index is 316. The highest BCUT2D eigenvalue weighted by atomic mass is 16.5. The van der Waals surface area contributed by atoms with Crippen LogP contribution < -0.4 is 5.32 Å². The Labute approximate surface area is 122 Å². The highest BCUT2D eigenvalue weighted by molar-refractivity contribution is 5.81. The fourth-order valence-electron chi connectivity index (χ4n) is 2.71. The molecule has 0 aliphatic carbocycles. The van der Waals surface area contributed by atoms with Gasteiger partial charge in [0, 0.05) is 19.1 Å². The molecular formula is C15H30N2O3. The van der Waals surface area contributed by atoms with Gasteiger partial charge in [0.2, 0.25) is 5.91 Å². The highest BCUT2D eigenvalue weighted by Crippen LogP contribution is 2.22. The summed E-state index contributed by atoms with van der Waals surface area (Å²) in [4.78, 5) is 14.4. The van der Waals surface area contributed by atoms with E-state index in [0.717, 1.165) is 12.8 Å². The molecule has 2 atom stereocenters. The van der Waals surface area contributed by atoms with Crippen molar-refractivity contribution in [2.24, 2.45) is 0 Å². The lowest BCUT2D eigenvalue weighted by Crippen LogP contribution is -2.59. The van der Waals surface area contributed by atoms with Gasteiger partial charge in [0.25, 0.3) is 0 Å². The van der Waals surface area contributed by atoms with Crippen LogP contribution in [0.2, 0.25) is 0 Å². The molecule has 20 heavy (non-hydrogen) atoms. The van der Waals surface area contributed by atoms with Crippen LogP contribution in [0.15, 0.2) is 0 Å². The van der Waals surface area contributed by atoms with Gasteiger partial charge in [0.05, 0.1) is 24.4 Å². The summed E-state index contributed by atoms with van der Waals surface area (Å²) in [6.45, 7) is 11.4. The number of nitrogens with one attached hydrogen (secondary N) is 1. The van der Waals surface area contributed by atoms with Crippen LogP contribution in [0.4, 0.5) is 0 Å². The number of carbonyl (C=O) groups excluding carboxylic acids is 1. The lowest BCUT2D eigenvalue weighted by atomic mass is 10.0. The van der Waals surface area contributed by atoms with Crippen molar-refractivity contribution in [1.29, 1.82) is 0 Å². The Morgan fingerprint density at radius 3 is 2.55 bits per heavy atom. The van der Waals surface area contributed by atoms with Gasteiger partial charge < -0.3 is 15.2 Å². The van der Waals surface area contributed by atoms with Crippen LogP contribution in [0.1, 0.15) is 47.5 Å². The number of ether oxygens (including phenoxy) is 1. The van der Waals surface area contributed by atoms with Crippen molar-refractivity contribution in [2.45, 2.75) is 71.2 Å². The molecule has 0 aromatic heterocycles. The average Bonchev–Trinajstić information content (AvgIpc) is 2.41. The molecule has 1 rings (SSSR count).